The predicted octanol–water partition coefficient (Wildman–Crippen LogP) is 0.263. The fourth-order valence-corrected chi connectivity index (χ4v) is 3.80. The molecule has 0 spiro atoms. The number of rotatable bonds is 4. The van der Waals surface area contributed by atoms with Gasteiger partial charge in [-0.1, -0.05) is 0 Å². The van der Waals surface area contributed by atoms with Gasteiger partial charge in [0, 0.05) is 11.4 Å². The van der Waals surface area contributed by atoms with E-state index in [1.165, 1.54) is 12.8 Å². The van der Waals surface area contributed by atoms with Crippen LogP contribution in [0.25, 0.3) is 5.78 Å². The fraction of sp³-hybridized carbons (Fsp3) is 0.647. The molecule has 2 aliphatic rings. The van der Waals surface area contributed by atoms with Gasteiger partial charge in [-0.15, -0.1) is 5.10 Å². The molecule has 0 aliphatic carbocycles. The summed E-state index contributed by atoms with van der Waals surface area (Å²) in [5.74, 6) is 0.972. The number of amides is 1. The van der Waals surface area contributed by atoms with E-state index in [1.807, 2.05) is 19.9 Å². The minimum atomic E-state index is -0.0648. The highest BCUT2D eigenvalue weighted by Crippen LogP contribution is 2.19. The van der Waals surface area contributed by atoms with Gasteiger partial charge in [0.15, 0.2) is 5.82 Å². The molecule has 2 aromatic rings. The van der Waals surface area contributed by atoms with Crippen LogP contribution in [0, 0.1) is 13.8 Å². The summed E-state index contributed by atoms with van der Waals surface area (Å²) in [5.41, 5.74) is 1.85. The van der Waals surface area contributed by atoms with E-state index in [0.717, 1.165) is 24.5 Å². The Bertz CT molecular complexity index is 783. The third-order valence-electron chi connectivity index (χ3n) is 4.99. The molecule has 2 atom stereocenters. The average molecular weight is 344 g/mol. The van der Waals surface area contributed by atoms with Crippen LogP contribution in [0.3, 0.4) is 0 Å². The summed E-state index contributed by atoms with van der Waals surface area (Å²) in [6.07, 6.45) is 2.62. The van der Waals surface area contributed by atoms with E-state index in [4.69, 9.17) is 4.74 Å². The molecular formula is C17H24N6O2. The lowest BCUT2D eigenvalue weighted by Gasteiger charge is -2.27. The van der Waals surface area contributed by atoms with Gasteiger partial charge in [-0.25, -0.2) is 9.50 Å². The van der Waals surface area contributed by atoms with Crippen LogP contribution in [0.2, 0.25) is 0 Å². The second-order valence-corrected chi connectivity index (χ2v) is 6.98. The van der Waals surface area contributed by atoms with E-state index >= 15 is 0 Å². The largest absolute Gasteiger partial charge is 0.378 e. The van der Waals surface area contributed by atoms with Crippen molar-refractivity contribution in [1.82, 2.24) is 29.8 Å². The van der Waals surface area contributed by atoms with Gasteiger partial charge in [-0.3, -0.25) is 9.69 Å². The first-order valence-corrected chi connectivity index (χ1v) is 8.91. The highest BCUT2D eigenvalue weighted by Gasteiger charge is 2.35. The number of hydrogen-bond donors (Lipinski definition) is 1. The Morgan fingerprint density at radius 1 is 1.28 bits per heavy atom. The molecule has 8 heteroatoms. The maximum Gasteiger partial charge on any atom is 0.252 e. The third-order valence-corrected chi connectivity index (χ3v) is 4.99. The van der Waals surface area contributed by atoms with Crippen LogP contribution in [0.4, 0.5) is 0 Å². The standard InChI is InChI=1S/C17H24N6O2/c1-11-7-12(2)23-17(18-11)20-15(21-23)8-16(24)19-13-9-25-10-14(13)22-5-3-4-6-22/h7,13-14H,3-6,8-10H2,1-2H3,(H,19,24). The maximum atomic E-state index is 12.5. The summed E-state index contributed by atoms with van der Waals surface area (Å²) >= 11 is 0. The molecule has 2 unspecified atom stereocenters. The molecule has 25 heavy (non-hydrogen) atoms. The zero-order chi connectivity index (χ0) is 17.4. The Kier molecular flexibility index (Phi) is 4.39. The molecule has 2 aliphatic heterocycles. The van der Waals surface area contributed by atoms with Gasteiger partial charge >= 0.3 is 0 Å². The van der Waals surface area contributed by atoms with Crippen LogP contribution < -0.4 is 5.32 Å². The summed E-state index contributed by atoms with van der Waals surface area (Å²) in [4.78, 5) is 23.6. The smallest absolute Gasteiger partial charge is 0.252 e. The first kappa shape index (κ1) is 16.4. The fourth-order valence-electron chi connectivity index (χ4n) is 3.80. The summed E-state index contributed by atoms with van der Waals surface area (Å²) < 4.78 is 7.29. The molecule has 2 fully saturated rings. The molecule has 0 saturated carbocycles. The van der Waals surface area contributed by atoms with Crippen LogP contribution in [0.5, 0.6) is 0 Å². The summed E-state index contributed by atoms with van der Waals surface area (Å²) in [6.45, 7) is 7.34. The number of nitrogens with zero attached hydrogens (tertiary/aromatic N) is 5. The molecule has 8 nitrogen and oxygen atoms in total. The monoisotopic (exact) mass is 344 g/mol. The van der Waals surface area contributed by atoms with Crippen molar-refractivity contribution < 1.29 is 9.53 Å². The van der Waals surface area contributed by atoms with Crippen molar-refractivity contribution >= 4 is 11.7 Å². The lowest BCUT2D eigenvalue weighted by atomic mass is 10.1. The summed E-state index contributed by atoms with van der Waals surface area (Å²) in [7, 11) is 0. The number of ether oxygens (including phenoxy) is 1. The molecule has 2 saturated heterocycles. The minimum absolute atomic E-state index is 0.0461. The first-order valence-electron chi connectivity index (χ1n) is 8.91. The van der Waals surface area contributed by atoms with Crippen molar-refractivity contribution in [3.05, 3.63) is 23.3 Å². The molecular weight excluding hydrogens is 320 g/mol. The normalized spacial score (nSPS) is 24.2. The first-order chi connectivity index (χ1) is 12.1. The van der Waals surface area contributed by atoms with E-state index in [1.54, 1.807) is 4.52 Å². The number of fused-ring (bicyclic) bond motifs is 1. The van der Waals surface area contributed by atoms with E-state index in [-0.39, 0.29) is 24.4 Å². The SMILES string of the molecule is Cc1cc(C)n2nc(CC(=O)NC3COCC3N3CCCC3)nc2n1. The van der Waals surface area contributed by atoms with E-state index < -0.39 is 0 Å². The molecule has 4 rings (SSSR count). The van der Waals surface area contributed by atoms with Crippen molar-refractivity contribution in [2.24, 2.45) is 0 Å². The lowest BCUT2D eigenvalue weighted by Crippen LogP contribution is -2.50. The van der Waals surface area contributed by atoms with Gasteiger partial charge in [0.2, 0.25) is 5.91 Å². The van der Waals surface area contributed by atoms with E-state index in [2.05, 4.69) is 25.3 Å². The highest BCUT2D eigenvalue weighted by atomic mass is 16.5. The average Bonchev–Trinajstić information content (AvgIpc) is 3.26. The zero-order valence-corrected chi connectivity index (χ0v) is 14.7. The summed E-state index contributed by atoms with van der Waals surface area (Å²) in [6, 6.07) is 2.28. The van der Waals surface area contributed by atoms with Crippen molar-refractivity contribution in [2.45, 2.75) is 45.2 Å². The van der Waals surface area contributed by atoms with Crippen molar-refractivity contribution in [2.75, 3.05) is 26.3 Å². The van der Waals surface area contributed by atoms with E-state index in [9.17, 15) is 4.79 Å². The quantitative estimate of drug-likeness (QED) is 0.857. The Morgan fingerprint density at radius 2 is 2.08 bits per heavy atom. The van der Waals surface area contributed by atoms with Gasteiger partial charge in [0.05, 0.1) is 31.7 Å². The number of aromatic nitrogens is 4. The van der Waals surface area contributed by atoms with Crippen molar-refractivity contribution in [1.29, 1.82) is 0 Å². The Hall–Kier alpha value is -2.06. The van der Waals surface area contributed by atoms with Crippen LogP contribution >= 0.6 is 0 Å². The number of nitrogens with one attached hydrogen (secondary N) is 1. The van der Waals surface area contributed by atoms with Crippen LogP contribution in [-0.2, 0) is 16.0 Å². The molecule has 0 bridgehead atoms. The predicted molar refractivity (Wildman–Crippen MR) is 91.3 cm³/mol. The number of aryl methyl sites for hydroxylation is 2. The molecule has 4 heterocycles. The Balaban J connectivity index is 1.42. The maximum absolute atomic E-state index is 12.5. The minimum Gasteiger partial charge on any atom is -0.378 e. The third kappa shape index (κ3) is 3.36. The van der Waals surface area contributed by atoms with Crippen LogP contribution in [0.15, 0.2) is 6.07 Å². The molecule has 0 radical (unpaired) electrons. The van der Waals surface area contributed by atoms with Gasteiger partial charge in [-0.2, -0.15) is 4.98 Å². The highest BCUT2D eigenvalue weighted by molar-refractivity contribution is 5.78. The van der Waals surface area contributed by atoms with Gasteiger partial charge < -0.3 is 10.1 Å². The zero-order valence-electron chi connectivity index (χ0n) is 14.7. The van der Waals surface area contributed by atoms with Crippen molar-refractivity contribution in [3.63, 3.8) is 0 Å². The molecule has 2 aromatic heterocycles. The second kappa shape index (κ2) is 6.68. The van der Waals surface area contributed by atoms with E-state index in [0.29, 0.717) is 24.8 Å². The molecule has 1 N–H and O–H groups in total. The van der Waals surface area contributed by atoms with Crippen LogP contribution in [-0.4, -0.2) is 68.8 Å². The molecule has 0 aromatic carbocycles. The number of likely N-dealkylation sites (tertiary alicyclic amines) is 1. The van der Waals surface area contributed by atoms with Crippen molar-refractivity contribution in [3.8, 4) is 0 Å². The summed E-state index contributed by atoms with van der Waals surface area (Å²) in [5, 5.41) is 7.51. The number of hydrogen-bond acceptors (Lipinski definition) is 6. The van der Waals surface area contributed by atoms with Gasteiger partial charge in [0.25, 0.3) is 5.78 Å². The number of carbonyl (C=O) groups excluding carboxylic acids is 1. The van der Waals surface area contributed by atoms with Crippen LogP contribution in [0.1, 0.15) is 30.1 Å². The Labute approximate surface area is 146 Å². The topological polar surface area (TPSA) is 84.7 Å². The second-order valence-electron chi connectivity index (χ2n) is 6.98. The molecule has 1 amide bonds. The Morgan fingerprint density at radius 3 is 2.88 bits per heavy atom. The van der Waals surface area contributed by atoms with Gasteiger partial charge in [0.1, 0.15) is 0 Å². The van der Waals surface area contributed by atoms with Gasteiger partial charge in [-0.05, 0) is 45.8 Å². The molecule has 134 valence electrons. The lowest BCUT2D eigenvalue weighted by molar-refractivity contribution is -0.121. The number of carbonyl (C=O) groups is 1.